The van der Waals surface area contributed by atoms with Crippen LogP contribution in [0.25, 0.3) is 0 Å². The van der Waals surface area contributed by atoms with E-state index in [1.54, 1.807) is 30.5 Å². The minimum atomic E-state index is -0.214. The van der Waals surface area contributed by atoms with Gasteiger partial charge in [-0.1, -0.05) is 48.0 Å². The summed E-state index contributed by atoms with van der Waals surface area (Å²) in [6.07, 6.45) is 2.19. The first-order chi connectivity index (χ1) is 13.1. The first-order valence-electron chi connectivity index (χ1n) is 8.89. The highest BCUT2D eigenvalue weighted by Crippen LogP contribution is 2.10. The number of hydrogen-bond acceptors (Lipinski definition) is 3. The van der Waals surface area contributed by atoms with Crippen molar-refractivity contribution >= 4 is 11.6 Å². The van der Waals surface area contributed by atoms with Crippen LogP contribution in [0, 0.1) is 12.7 Å². The zero-order valence-corrected chi connectivity index (χ0v) is 15.2. The van der Waals surface area contributed by atoms with Crippen molar-refractivity contribution in [2.75, 3.05) is 11.9 Å². The zero-order valence-electron chi connectivity index (χ0n) is 15.2. The van der Waals surface area contributed by atoms with Gasteiger partial charge >= 0.3 is 0 Å². The number of carbonyl (C=O) groups excluding carboxylic acids is 1. The maximum atomic E-state index is 13.6. The summed E-state index contributed by atoms with van der Waals surface area (Å²) in [6.45, 7) is 3.07. The van der Waals surface area contributed by atoms with E-state index >= 15 is 0 Å². The van der Waals surface area contributed by atoms with Gasteiger partial charge in [-0.2, -0.15) is 0 Å². The lowest BCUT2D eigenvalue weighted by molar-refractivity contribution is 0.0946. The summed E-state index contributed by atoms with van der Waals surface area (Å²) in [4.78, 5) is 16.4. The molecular formula is C22H22FN3O. The molecule has 27 heavy (non-hydrogen) atoms. The summed E-state index contributed by atoms with van der Waals surface area (Å²) < 4.78 is 13.6. The van der Waals surface area contributed by atoms with Crippen molar-refractivity contribution in [3.05, 3.63) is 95.1 Å². The Morgan fingerprint density at radius 1 is 1.04 bits per heavy atom. The van der Waals surface area contributed by atoms with Crippen LogP contribution in [0.5, 0.6) is 0 Å². The lowest BCUT2D eigenvalue weighted by atomic mass is 10.1. The van der Waals surface area contributed by atoms with Gasteiger partial charge in [-0.3, -0.25) is 4.79 Å². The fourth-order valence-corrected chi connectivity index (χ4v) is 2.65. The SMILES string of the molecule is Cc1ccc(CNC(=O)c2ccc(NCCc3ccccc3F)cn2)cc1. The fraction of sp³-hybridized carbons (Fsp3) is 0.182. The first-order valence-corrected chi connectivity index (χ1v) is 8.89. The summed E-state index contributed by atoms with van der Waals surface area (Å²) >= 11 is 0. The van der Waals surface area contributed by atoms with Crippen LogP contribution < -0.4 is 10.6 Å². The van der Waals surface area contributed by atoms with E-state index < -0.39 is 0 Å². The molecule has 1 heterocycles. The molecule has 0 bridgehead atoms. The van der Waals surface area contributed by atoms with Crippen molar-refractivity contribution in [3.63, 3.8) is 0 Å². The van der Waals surface area contributed by atoms with Crippen molar-refractivity contribution < 1.29 is 9.18 Å². The van der Waals surface area contributed by atoms with Crippen molar-refractivity contribution in [1.29, 1.82) is 0 Å². The van der Waals surface area contributed by atoms with Crippen molar-refractivity contribution in [2.45, 2.75) is 19.9 Å². The van der Waals surface area contributed by atoms with Crippen molar-refractivity contribution in [1.82, 2.24) is 10.3 Å². The first kappa shape index (κ1) is 18.6. The number of hydrogen-bond donors (Lipinski definition) is 2. The van der Waals surface area contributed by atoms with Gasteiger partial charge in [0.1, 0.15) is 11.5 Å². The number of nitrogens with zero attached hydrogens (tertiary/aromatic N) is 1. The maximum absolute atomic E-state index is 13.6. The number of amides is 1. The lowest BCUT2D eigenvalue weighted by Crippen LogP contribution is -2.23. The highest BCUT2D eigenvalue weighted by atomic mass is 19.1. The third-order valence-electron chi connectivity index (χ3n) is 4.25. The third-order valence-corrected chi connectivity index (χ3v) is 4.25. The summed E-state index contributed by atoms with van der Waals surface area (Å²) in [6, 6.07) is 18.2. The van der Waals surface area contributed by atoms with Crippen LogP contribution in [-0.4, -0.2) is 17.4 Å². The second-order valence-electron chi connectivity index (χ2n) is 6.37. The Balaban J connectivity index is 1.48. The number of aryl methyl sites for hydroxylation is 1. The van der Waals surface area contributed by atoms with Crippen LogP contribution in [0.3, 0.4) is 0 Å². The second-order valence-corrected chi connectivity index (χ2v) is 6.37. The lowest BCUT2D eigenvalue weighted by Gasteiger charge is -2.08. The summed E-state index contributed by atoms with van der Waals surface area (Å²) in [5, 5.41) is 6.05. The van der Waals surface area contributed by atoms with Gasteiger partial charge in [-0.05, 0) is 42.7 Å². The molecule has 138 valence electrons. The van der Waals surface area contributed by atoms with Crippen LogP contribution in [0.1, 0.15) is 27.2 Å². The second kappa shape index (κ2) is 8.94. The van der Waals surface area contributed by atoms with E-state index in [1.807, 2.05) is 37.3 Å². The number of anilines is 1. The quantitative estimate of drug-likeness (QED) is 0.664. The summed E-state index contributed by atoms with van der Waals surface area (Å²) in [5.41, 5.74) is 4.05. The molecule has 1 aromatic heterocycles. The molecule has 3 rings (SSSR count). The predicted molar refractivity (Wildman–Crippen MR) is 105 cm³/mol. The molecule has 0 atom stereocenters. The van der Waals surface area contributed by atoms with Crippen LogP contribution >= 0.6 is 0 Å². The Labute approximate surface area is 158 Å². The van der Waals surface area contributed by atoms with Gasteiger partial charge in [-0.25, -0.2) is 9.37 Å². The van der Waals surface area contributed by atoms with E-state index in [0.29, 0.717) is 30.8 Å². The normalized spacial score (nSPS) is 10.4. The monoisotopic (exact) mass is 363 g/mol. The topological polar surface area (TPSA) is 54.0 Å². The Bertz CT molecular complexity index is 892. The Morgan fingerprint density at radius 2 is 1.81 bits per heavy atom. The van der Waals surface area contributed by atoms with E-state index in [-0.39, 0.29) is 11.7 Å². The number of nitrogens with one attached hydrogen (secondary N) is 2. The van der Waals surface area contributed by atoms with Crippen LogP contribution in [-0.2, 0) is 13.0 Å². The average Bonchev–Trinajstić information content (AvgIpc) is 2.69. The predicted octanol–water partition coefficient (Wildman–Crippen LogP) is 4.11. The third kappa shape index (κ3) is 5.38. The molecular weight excluding hydrogens is 341 g/mol. The zero-order chi connectivity index (χ0) is 19.1. The van der Waals surface area contributed by atoms with Gasteiger partial charge in [0.25, 0.3) is 5.91 Å². The largest absolute Gasteiger partial charge is 0.383 e. The highest BCUT2D eigenvalue weighted by molar-refractivity contribution is 5.92. The number of halogens is 1. The van der Waals surface area contributed by atoms with E-state index in [1.165, 1.54) is 11.6 Å². The minimum absolute atomic E-state index is 0.196. The van der Waals surface area contributed by atoms with Gasteiger partial charge in [0.2, 0.25) is 0 Å². The van der Waals surface area contributed by atoms with Gasteiger partial charge in [-0.15, -0.1) is 0 Å². The number of rotatable bonds is 7. The average molecular weight is 363 g/mol. The summed E-state index contributed by atoms with van der Waals surface area (Å²) in [5.74, 6) is -0.411. The van der Waals surface area contributed by atoms with Gasteiger partial charge in [0.05, 0.1) is 11.9 Å². The Morgan fingerprint density at radius 3 is 2.52 bits per heavy atom. The number of aromatic nitrogens is 1. The van der Waals surface area contributed by atoms with E-state index in [9.17, 15) is 9.18 Å². The molecule has 2 aromatic carbocycles. The minimum Gasteiger partial charge on any atom is -0.383 e. The van der Waals surface area contributed by atoms with Gasteiger partial charge in [0, 0.05) is 13.1 Å². The molecule has 2 N–H and O–H groups in total. The summed E-state index contributed by atoms with van der Waals surface area (Å²) in [7, 11) is 0. The molecule has 0 aliphatic heterocycles. The number of pyridine rings is 1. The van der Waals surface area contributed by atoms with E-state index in [0.717, 1.165) is 11.3 Å². The molecule has 3 aromatic rings. The molecule has 0 radical (unpaired) electrons. The van der Waals surface area contributed by atoms with E-state index in [2.05, 4.69) is 15.6 Å². The fourth-order valence-electron chi connectivity index (χ4n) is 2.65. The molecule has 5 heteroatoms. The standard InChI is InChI=1S/C22H22FN3O/c1-16-6-8-17(9-7-16)14-26-22(27)21-11-10-19(15-25-21)24-13-12-18-4-2-3-5-20(18)23/h2-11,15,24H,12-14H2,1H3,(H,26,27). The molecule has 0 saturated heterocycles. The van der Waals surface area contributed by atoms with Gasteiger partial charge < -0.3 is 10.6 Å². The molecule has 0 spiro atoms. The Hall–Kier alpha value is -3.21. The molecule has 1 amide bonds. The van der Waals surface area contributed by atoms with Crippen molar-refractivity contribution in [3.8, 4) is 0 Å². The highest BCUT2D eigenvalue weighted by Gasteiger charge is 2.07. The van der Waals surface area contributed by atoms with Crippen LogP contribution in [0.4, 0.5) is 10.1 Å². The maximum Gasteiger partial charge on any atom is 0.270 e. The van der Waals surface area contributed by atoms with Gasteiger partial charge in [0.15, 0.2) is 0 Å². The molecule has 4 nitrogen and oxygen atoms in total. The van der Waals surface area contributed by atoms with Crippen molar-refractivity contribution in [2.24, 2.45) is 0 Å². The number of benzene rings is 2. The van der Waals surface area contributed by atoms with Crippen LogP contribution in [0.2, 0.25) is 0 Å². The smallest absolute Gasteiger partial charge is 0.270 e. The molecule has 0 aliphatic rings. The molecule has 0 fully saturated rings. The van der Waals surface area contributed by atoms with E-state index in [4.69, 9.17) is 0 Å². The Kier molecular flexibility index (Phi) is 6.15. The van der Waals surface area contributed by atoms with Crippen LogP contribution in [0.15, 0.2) is 66.9 Å². The molecule has 0 saturated carbocycles. The molecule has 0 aliphatic carbocycles. The number of carbonyl (C=O) groups is 1. The molecule has 0 unspecified atom stereocenters.